The van der Waals surface area contributed by atoms with Gasteiger partial charge in [-0.25, -0.2) is 10.2 Å². The number of nitrogens with one attached hydrogen (secondary N) is 3. The maximum atomic E-state index is 12.2. The average Bonchev–Trinajstić information content (AvgIpc) is 2.86. The molecule has 2 atom stereocenters. The fourth-order valence-corrected chi connectivity index (χ4v) is 4.20. The first kappa shape index (κ1) is 34.8. The van der Waals surface area contributed by atoms with E-state index in [1.165, 1.54) is 64.2 Å². The molecule has 0 rings (SSSR count). The zero-order chi connectivity index (χ0) is 27.7. The van der Waals surface area contributed by atoms with Crippen molar-refractivity contribution in [3.05, 3.63) is 0 Å². The molecule has 216 valence electrons. The van der Waals surface area contributed by atoms with Crippen LogP contribution in [0.2, 0.25) is 0 Å². The summed E-state index contributed by atoms with van der Waals surface area (Å²) < 4.78 is 0. The number of carbonyl (C=O) groups excluding carboxylic acids is 3. The number of aliphatic carboxylic acids is 1. The summed E-state index contributed by atoms with van der Waals surface area (Å²) in [6.45, 7) is 2.64. The van der Waals surface area contributed by atoms with Crippen LogP contribution in [0.4, 0.5) is 0 Å². The largest absolute Gasteiger partial charge is 0.480 e. The van der Waals surface area contributed by atoms with Crippen LogP contribution in [0.3, 0.4) is 0 Å². The summed E-state index contributed by atoms with van der Waals surface area (Å²) in [7, 11) is 0. The van der Waals surface area contributed by atoms with E-state index in [1.54, 1.807) is 0 Å². The van der Waals surface area contributed by atoms with Crippen molar-refractivity contribution in [2.24, 2.45) is 11.6 Å². The van der Waals surface area contributed by atoms with Crippen molar-refractivity contribution in [3.8, 4) is 0 Å². The lowest BCUT2D eigenvalue weighted by Gasteiger charge is -2.15. The molecule has 0 aliphatic carbocycles. The van der Waals surface area contributed by atoms with Crippen molar-refractivity contribution in [3.63, 3.8) is 0 Å². The molecule has 10 nitrogen and oxygen atoms in total. The second kappa shape index (κ2) is 24.2. The zero-order valence-corrected chi connectivity index (χ0v) is 23.0. The van der Waals surface area contributed by atoms with Crippen LogP contribution in [0.1, 0.15) is 129 Å². The number of hydrogen-bond donors (Lipinski definition) is 6. The van der Waals surface area contributed by atoms with Crippen molar-refractivity contribution in [2.75, 3.05) is 6.54 Å². The molecule has 0 aromatic heterocycles. The summed E-state index contributed by atoms with van der Waals surface area (Å²) in [5.74, 6) is 3.02. The van der Waals surface area contributed by atoms with Gasteiger partial charge < -0.3 is 21.5 Å². The summed E-state index contributed by atoms with van der Waals surface area (Å²) in [6, 6.07) is -1.68. The van der Waals surface area contributed by atoms with Gasteiger partial charge in [-0.3, -0.25) is 20.2 Å². The molecule has 10 heteroatoms. The first-order valence-electron chi connectivity index (χ1n) is 14.4. The number of amides is 3. The molecule has 3 amide bonds. The van der Waals surface area contributed by atoms with E-state index in [0.717, 1.165) is 19.3 Å². The molecule has 0 aromatic carbocycles. The Balaban J connectivity index is 3.82. The number of carboxylic acids is 1. The van der Waals surface area contributed by atoms with E-state index in [1.807, 2.05) is 0 Å². The van der Waals surface area contributed by atoms with Crippen LogP contribution in [0, 0.1) is 0 Å². The molecular formula is C27H53N5O5. The predicted octanol–water partition coefficient (Wildman–Crippen LogP) is 3.42. The van der Waals surface area contributed by atoms with Crippen LogP contribution >= 0.6 is 0 Å². The Bertz CT molecular complexity index is 632. The van der Waals surface area contributed by atoms with Crippen LogP contribution in [0.25, 0.3) is 0 Å². The SMILES string of the molecule is CCCCCCCCCCCCCCCC(=O)NC(CCC(=O)NCCCCC(NN)C(N)=O)C(=O)O. The average molecular weight is 528 g/mol. The molecule has 0 bridgehead atoms. The molecule has 37 heavy (non-hydrogen) atoms. The summed E-state index contributed by atoms with van der Waals surface area (Å²) >= 11 is 0. The number of carbonyl (C=O) groups is 4. The first-order chi connectivity index (χ1) is 17.8. The maximum Gasteiger partial charge on any atom is 0.326 e. The Hall–Kier alpha value is -2.20. The van der Waals surface area contributed by atoms with Crippen LogP contribution in [0.5, 0.6) is 0 Å². The molecule has 8 N–H and O–H groups in total. The molecular weight excluding hydrogens is 474 g/mol. The van der Waals surface area contributed by atoms with E-state index >= 15 is 0 Å². The van der Waals surface area contributed by atoms with Crippen molar-refractivity contribution in [1.82, 2.24) is 16.1 Å². The summed E-state index contributed by atoms with van der Waals surface area (Å²) in [5.41, 5.74) is 7.53. The maximum absolute atomic E-state index is 12.2. The van der Waals surface area contributed by atoms with Gasteiger partial charge in [0.2, 0.25) is 17.7 Å². The molecule has 2 unspecified atom stereocenters. The van der Waals surface area contributed by atoms with Crippen molar-refractivity contribution in [1.29, 1.82) is 0 Å². The second-order valence-corrected chi connectivity index (χ2v) is 9.96. The van der Waals surface area contributed by atoms with Crippen molar-refractivity contribution in [2.45, 2.75) is 141 Å². The number of hydrogen-bond acceptors (Lipinski definition) is 6. The minimum atomic E-state index is -1.14. The molecule has 0 radical (unpaired) electrons. The monoisotopic (exact) mass is 527 g/mol. The molecule has 0 aliphatic rings. The number of rotatable bonds is 26. The Morgan fingerprint density at radius 1 is 0.676 bits per heavy atom. The van der Waals surface area contributed by atoms with Gasteiger partial charge in [-0.15, -0.1) is 0 Å². The molecule has 0 spiro atoms. The van der Waals surface area contributed by atoms with Gasteiger partial charge in [-0.05, 0) is 32.1 Å². The highest BCUT2D eigenvalue weighted by Crippen LogP contribution is 2.13. The Morgan fingerprint density at radius 3 is 1.70 bits per heavy atom. The van der Waals surface area contributed by atoms with Gasteiger partial charge in [0.05, 0.1) is 6.04 Å². The van der Waals surface area contributed by atoms with Crippen LogP contribution in [-0.4, -0.2) is 47.4 Å². The molecule has 0 aromatic rings. The third-order valence-electron chi connectivity index (χ3n) is 6.59. The number of carboxylic acid groups (broad SMARTS) is 1. The van der Waals surface area contributed by atoms with E-state index in [9.17, 15) is 24.3 Å². The Morgan fingerprint density at radius 2 is 1.22 bits per heavy atom. The third-order valence-corrected chi connectivity index (χ3v) is 6.59. The van der Waals surface area contributed by atoms with Crippen LogP contribution in [0.15, 0.2) is 0 Å². The van der Waals surface area contributed by atoms with Crippen molar-refractivity contribution >= 4 is 23.7 Å². The Labute approximate surface area is 223 Å². The molecule has 0 aliphatic heterocycles. The number of nitrogens with two attached hydrogens (primary N) is 2. The first-order valence-corrected chi connectivity index (χ1v) is 14.4. The van der Waals surface area contributed by atoms with E-state index in [4.69, 9.17) is 11.6 Å². The Kier molecular flexibility index (Phi) is 22.7. The number of unbranched alkanes of at least 4 members (excludes halogenated alkanes) is 13. The highest BCUT2D eigenvalue weighted by Gasteiger charge is 2.20. The fourth-order valence-electron chi connectivity index (χ4n) is 4.20. The number of primary amides is 1. The van der Waals surface area contributed by atoms with Gasteiger partial charge in [-0.2, -0.15) is 0 Å². The van der Waals surface area contributed by atoms with E-state index in [-0.39, 0.29) is 24.7 Å². The minimum absolute atomic E-state index is 0.00422. The van der Waals surface area contributed by atoms with E-state index in [0.29, 0.717) is 32.2 Å². The van der Waals surface area contributed by atoms with E-state index < -0.39 is 24.0 Å². The lowest BCUT2D eigenvalue weighted by atomic mass is 10.0. The van der Waals surface area contributed by atoms with Gasteiger partial charge in [-0.1, -0.05) is 84.0 Å². The van der Waals surface area contributed by atoms with Crippen molar-refractivity contribution < 1.29 is 24.3 Å². The molecule has 0 heterocycles. The smallest absolute Gasteiger partial charge is 0.326 e. The molecule has 0 fully saturated rings. The lowest BCUT2D eigenvalue weighted by Crippen LogP contribution is -2.45. The van der Waals surface area contributed by atoms with Gasteiger partial charge in [0, 0.05) is 19.4 Å². The summed E-state index contributed by atoms with van der Waals surface area (Å²) in [4.78, 5) is 46.7. The third kappa shape index (κ3) is 21.6. The van der Waals surface area contributed by atoms with Gasteiger partial charge in [0.1, 0.15) is 6.04 Å². The normalized spacial score (nSPS) is 12.6. The van der Waals surface area contributed by atoms with Gasteiger partial charge in [0.25, 0.3) is 0 Å². The summed E-state index contributed by atoms with van der Waals surface area (Å²) in [6.07, 6.45) is 18.0. The van der Waals surface area contributed by atoms with E-state index in [2.05, 4.69) is 23.0 Å². The minimum Gasteiger partial charge on any atom is -0.480 e. The van der Waals surface area contributed by atoms with Crippen LogP contribution in [-0.2, 0) is 19.2 Å². The van der Waals surface area contributed by atoms with Crippen LogP contribution < -0.4 is 27.6 Å². The lowest BCUT2D eigenvalue weighted by molar-refractivity contribution is -0.142. The highest BCUT2D eigenvalue weighted by atomic mass is 16.4. The molecule has 0 saturated heterocycles. The predicted molar refractivity (Wildman–Crippen MR) is 146 cm³/mol. The zero-order valence-electron chi connectivity index (χ0n) is 23.0. The number of hydrazine groups is 1. The molecule has 0 saturated carbocycles. The van der Waals surface area contributed by atoms with Gasteiger partial charge >= 0.3 is 5.97 Å². The fraction of sp³-hybridized carbons (Fsp3) is 0.852. The topological polar surface area (TPSA) is 177 Å². The van der Waals surface area contributed by atoms with Gasteiger partial charge in [0.15, 0.2) is 0 Å². The standard InChI is InChI=1S/C27H53N5O5/c1-2-3-4-5-6-7-8-9-10-11-12-13-14-18-25(34)31-23(27(36)37)19-20-24(33)30-21-16-15-17-22(32-29)26(28)35/h22-23,32H,2-21,29H2,1H3,(H2,28,35)(H,30,33)(H,31,34)(H,36,37). The summed E-state index contributed by atoms with van der Waals surface area (Å²) in [5, 5.41) is 14.6. The quantitative estimate of drug-likeness (QED) is 0.0567. The highest BCUT2D eigenvalue weighted by molar-refractivity contribution is 5.84. The second-order valence-electron chi connectivity index (χ2n) is 9.96.